The monoisotopic (exact) mass is 298 g/mol. The summed E-state index contributed by atoms with van der Waals surface area (Å²) < 4.78 is 5.35. The molecule has 0 atom stereocenters. The molecule has 0 spiro atoms. The minimum Gasteiger partial charge on any atom is -0.399 e. The van der Waals surface area contributed by atoms with E-state index in [1.165, 1.54) is 0 Å². The molecular weight excluding hydrogens is 280 g/mol. The molecule has 1 aromatic carbocycles. The number of benzene rings is 1. The predicted molar refractivity (Wildman–Crippen MR) is 86.3 cm³/mol. The van der Waals surface area contributed by atoms with E-state index >= 15 is 0 Å². The maximum absolute atomic E-state index is 11.5. The van der Waals surface area contributed by atoms with Gasteiger partial charge in [0, 0.05) is 31.0 Å². The Balaban J connectivity index is 1.90. The molecule has 0 unspecified atom stereocenters. The number of ether oxygens (including phenoxy) is 1. The Hall–Kier alpha value is -2.60. The molecular formula is C16H18N4O2. The summed E-state index contributed by atoms with van der Waals surface area (Å²) in [5, 5.41) is 0. The van der Waals surface area contributed by atoms with Crippen molar-refractivity contribution >= 4 is 29.3 Å². The van der Waals surface area contributed by atoms with Crippen molar-refractivity contribution in [3.63, 3.8) is 0 Å². The lowest BCUT2D eigenvalue weighted by Crippen LogP contribution is -2.36. The van der Waals surface area contributed by atoms with Gasteiger partial charge in [0.1, 0.15) is 5.82 Å². The van der Waals surface area contributed by atoms with Crippen molar-refractivity contribution in [2.24, 2.45) is 0 Å². The van der Waals surface area contributed by atoms with Crippen LogP contribution in [0.4, 0.5) is 22.9 Å². The fourth-order valence-corrected chi connectivity index (χ4v) is 2.47. The third-order valence-electron chi connectivity index (χ3n) is 3.60. The molecule has 0 aliphatic carbocycles. The highest BCUT2D eigenvalue weighted by Gasteiger charge is 2.15. The molecule has 0 bridgehead atoms. The minimum absolute atomic E-state index is 0.617. The van der Waals surface area contributed by atoms with Crippen LogP contribution in [-0.2, 0) is 9.53 Å². The van der Waals surface area contributed by atoms with E-state index in [2.05, 4.69) is 9.88 Å². The van der Waals surface area contributed by atoms with Crippen molar-refractivity contribution < 1.29 is 9.53 Å². The molecule has 1 aliphatic rings. The van der Waals surface area contributed by atoms with E-state index in [-0.39, 0.29) is 0 Å². The first-order valence-electron chi connectivity index (χ1n) is 7.17. The topological polar surface area (TPSA) is 71.7 Å². The lowest BCUT2D eigenvalue weighted by Gasteiger charge is -2.28. The van der Waals surface area contributed by atoms with E-state index in [0.29, 0.717) is 18.9 Å². The second-order valence-electron chi connectivity index (χ2n) is 5.04. The van der Waals surface area contributed by atoms with Crippen LogP contribution in [0.2, 0.25) is 0 Å². The highest BCUT2D eigenvalue weighted by molar-refractivity contribution is 5.87. The van der Waals surface area contributed by atoms with Crippen molar-refractivity contribution in [1.82, 2.24) is 4.98 Å². The van der Waals surface area contributed by atoms with Gasteiger partial charge in [-0.05, 0) is 24.3 Å². The Bertz CT molecular complexity index is 656. The number of rotatable bonds is 4. The van der Waals surface area contributed by atoms with Crippen molar-refractivity contribution in [2.75, 3.05) is 41.8 Å². The maximum atomic E-state index is 11.5. The molecule has 1 amide bonds. The molecule has 0 saturated carbocycles. The van der Waals surface area contributed by atoms with Gasteiger partial charge in [-0.1, -0.05) is 6.07 Å². The quantitative estimate of drug-likeness (QED) is 0.688. The molecule has 2 N–H and O–H groups in total. The number of nitrogens with two attached hydrogens (primary N) is 1. The Morgan fingerprint density at radius 1 is 1.18 bits per heavy atom. The first kappa shape index (κ1) is 14.3. The average Bonchev–Trinajstić information content (AvgIpc) is 2.57. The molecule has 6 nitrogen and oxygen atoms in total. The van der Waals surface area contributed by atoms with Gasteiger partial charge in [0.05, 0.1) is 24.6 Å². The normalized spacial score (nSPS) is 14.6. The molecule has 22 heavy (non-hydrogen) atoms. The SMILES string of the molecule is Nc1cccc(N(C=O)c2ccnc(N3CCOCC3)c2)c1. The molecule has 3 rings (SSSR count). The molecule has 114 valence electrons. The van der Waals surface area contributed by atoms with Crippen molar-refractivity contribution in [3.8, 4) is 0 Å². The number of hydrogen-bond acceptors (Lipinski definition) is 5. The standard InChI is InChI=1S/C16H18N4O2/c17-13-2-1-3-14(10-13)20(12-21)15-4-5-18-16(11-15)19-6-8-22-9-7-19/h1-5,10-12H,6-9,17H2. The number of aromatic nitrogens is 1. The number of anilines is 4. The predicted octanol–water partition coefficient (Wildman–Crippen LogP) is 1.79. The van der Waals surface area contributed by atoms with Crippen molar-refractivity contribution in [2.45, 2.75) is 0 Å². The summed E-state index contributed by atoms with van der Waals surface area (Å²) in [6, 6.07) is 10.9. The van der Waals surface area contributed by atoms with Gasteiger partial charge >= 0.3 is 0 Å². The van der Waals surface area contributed by atoms with Gasteiger partial charge in [-0.25, -0.2) is 4.98 Å². The highest BCUT2D eigenvalue weighted by atomic mass is 16.5. The summed E-state index contributed by atoms with van der Waals surface area (Å²) in [6.07, 6.45) is 2.50. The number of hydrogen-bond donors (Lipinski definition) is 1. The average molecular weight is 298 g/mol. The highest BCUT2D eigenvalue weighted by Crippen LogP contribution is 2.27. The number of amides is 1. The zero-order valence-corrected chi connectivity index (χ0v) is 12.2. The fourth-order valence-electron chi connectivity index (χ4n) is 2.47. The Morgan fingerprint density at radius 3 is 2.68 bits per heavy atom. The van der Waals surface area contributed by atoms with Gasteiger partial charge in [0.25, 0.3) is 0 Å². The minimum atomic E-state index is 0.617. The summed E-state index contributed by atoms with van der Waals surface area (Å²) >= 11 is 0. The molecule has 2 heterocycles. The van der Waals surface area contributed by atoms with Crippen LogP contribution in [0.5, 0.6) is 0 Å². The number of carbonyl (C=O) groups excluding carboxylic acids is 1. The van der Waals surface area contributed by atoms with E-state index in [9.17, 15) is 4.79 Å². The van der Waals surface area contributed by atoms with Crippen LogP contribution in [0.15, 0.2) is 42.6 Å². The number of pyridine rings is 1. The maximum Gasteiger partial charge on any atom is 0.218 e. The summed E-state index contributed by atoms with van der Waals surface area (Å²) in [5.74, 6) is 0.844. The van der Waals surface area contributed by atoms with Crippen LogP contribution in [0.1, 0.15) is 0 Å². The van der Waals surface area contributed by atoms with E-state index < -0.39 is 0 Å². The lowest BCUT2D eigenvalue weighted by atomic mass is 10.2. The number of morpholine rings is 1. The Labute approximate surface area is 129 Å². The van der Waals surface area contributed by atoms with Gasteiger partial charge in [-0.2, -0.15) is 0 Å². The summed E-state index contributed by atoms with van der Waals surface area (Å²) in [4.78, 5) is 19.6. The first-order valence-corrected chi connectivity index (χ1v) is 7.17. The van der Waals surface area contributed by atoms with Crippen LogP contribution >= 0.6 is 0 Å². The number of carbonyl (C=O) groups is 1. The summed E-state index contributed by atoms with van der Waals surface area (Å²) in [5.41, 5.74) is 7.91. The second kappa shape index (κ2) is 6.44. The molecule has 2 aromatic rings. The smallest absolute Gasteiger partial charge is 0.218 e. The van der Waals surface area contributed by atoms with Gasteiger partial charge in [-0.15, -0.1) is 0 Å². The van der Waals surface area contributed by atoms with Crippen LogP contribution in [0.25, 0.3) is 0 Å². The van der Waals surface area contributed by atoms with E-state index in [4.69, 9.17) is 10.5 Å². The summed E-state index contributed by atoms with van der Waals surface area (Å²) in [6.45, 7) is 2.99. The van der Waals surface area contributed by atoms with E-state index in [1.54, 1.807) is 23.2 Å². The van der Waals surface area contributed by atoms with E-state index in [1.807, 2.05) is 24.3 Å². The van der Waals surface area contributed by atoms with Crippen molar-refractivity contribution in [3.05, 3.63) is 42.6 Å². The third-order valence-corrected chi connectivity index (χ3v) is 3.60. The molecule has 6 heteroatoms. The fraction of sp³-hybridized carbons (Fsp3) is 0.250. The Morgan fingerprint density at radius 2 is 1.95 bits per heavy atom. The Kier molecular flexibility index (Phi) is 4.20. The zero-order chi connectivity index (χ0) is 15.4. The second-order valence-corrected chi connectivity index (χ2v) is 5.04. The molecule has 0 radical (unpaired) electrons. The zero-order valence-electron chi connectivity index (χ0n) is 12.2. The van der Waals surface area contributed by atoms with E-state index in [0.717, 1.165) is 36.7 Å². The van der Waals surface area contributed by atoms with Gasteiger partial charge in [0.15, 0.2) is 0 Å². The van der Waals surface area contributed by atoms with Crippen LogP contribution in [0.3, 0.4) is 0 Å². The number of nitrogens with zero attached hydrogens (tertiary/aromatic N) is 3. The number of nitrogen functional groups attached to an aromatic ring is 1. The van der Waals surface area contributed by atoms with Gasteiger partial charge in [-0.3, -0.25) is 9.69 Å². The van der Waals surface area contributed by atoms with Crippen LogP contribution in [-0.4, -0.2) is 37.7 Å². The lowest BCUT2D eigenvalue weighted by molar-refractivity contribution is -0.106. The van der Waals surface area contributed by atoms with Crippen molar-refractivity contribution in [1.29, 1.82) is 0 Å². The largest absolute Gasteiger partial charge is 0.399 e. The van der Waals surface area contributed by atoms with Gasteiger partial charge < -0.3 is 15.4 Å². The summed E-state index contributed by atoms with van der Waals surface area (Å²) in [7, 11) is 0. The molecule has 1 saturated heterocycles. The van der Waals surface area contributed by atoms with Crippen LogP contribution in [0, 0.1) is 0 Å². The van der Waals surface area contributed by atoms with Crippen LogP contribution < -0.4 is 15.5 Å². The van der Waals surface area contributed by atoms with Gasteiger partial charge in [0.2, 0.25) is 6.41 Å². The third kappa shape index (κ3) is 3.01. The first-order chi connectivity index (χ1) is 10.8. The molecule has 1 aliphatic heterocycles. The molecule has 1 fully saturated rings. The molecule has 1 aromatic heterocycles.